The molecule has 0 radical (unpaired) electrons. The van der Waals surface area contributed by atoms with Gasteiger partial charge < -0.3 is 0 Å². The van der Waals surface area contributed by atoms with Gasteiger partial charge >= 0.3 is 246 Å². The van der Waals surface area contributed by atoms with E-state index in [4.69, 9.17) is 29.2 Å². The summed E-state index contributed by atoms with van der Waals surface area (Å²) >= 11 is -2.64. The molecule has 0 spiro atoms. The molecule has 0 unspecified atom stereocenters. The Kier molecular flexibility index (Phi) is 6.85. The molecule has 0 saturated carbocycles. The van der Waals surface area contributed by atoms with Gasteiger partial charge in [-0.1, -0.05) is 0 Å². The van der Waals surface area contributed by atoms with Crippen LogP contribution < -0.4 is 9.81 Å². The molecule has 40 heavy (non-hydrogen) atoms. The summed E-state index contributed by atoms with van der Waals surface area (Å²) in [4.78, 5) is 14.3. The van der Waals surface area contributed by atoms with Crippen LogP contribution in [0.25, 0.3) is 0 Å². The van der Waals surface area contributed by atoms with Crippen LogP contribution in [0.3, 0.4) is 0 Å². The Morgan fingerprint density at radius 3 is 0.900 bits per heavy atom. The molecular weight excluding hydrogens is 695 g/mol. The van der Waals surface area contributed by atoms with Gasteiger partial charge in [0, 0.05) is 0 Å². The van der Waals surface area contributed by atoms with Gasteiger partial charge in [-0.05, 0) is 0 Å². The molecule has 3 aromatic carbocycles. The fraction of sp³-hybridized carbons (Fsp3) is 0.364. The van der Waals surface area contributed by atoms with Crippen LogP contribution in [0, 0.1) is 0 Å². The molecule has 0 aromatic heterocycles. The van der Waals surface area contributed by atoms with E-state index in [-0.39, 0.29) is 16.6 Å². The quantitative estimate of drug-likeness (QED) is 0.362. The molecule has 3 heterocycles. The monoisotopic (exact) mass is 731 g/mol. The summed E-state index contributed by atoms with van der Waals surface area (Å²) < 4.78 is 21.9. The standard InChI is InChI=1S/3C11H12NO.Bi/c3*1-11(2)8-13-10(12-11)9-6-4-3-5-7-9;/h3*4-7H,8H2,1-2H3;. The van der Waals surface area contributed by atoms with E-state index in [2.05, 4.69) is 114 Å². The zero-order chi connectivity index (χ0) is 28.1. The second-order valence-electron chi connectivity index (χ2n) is 12.5. The number of ether oxygens (including phenoxy) is 3. The van der Waals surface area contributed by atoms with Crippen molar-refractivity contribution >= 4 is 49.3 Å². The van der Waals surface area contributed by atoms with E-state index in [0.717, 1.165) is 34.4 Å². The van der Waals surface area contributed by atoms with Crippen LogP contribution >= 0.6 is 0 Å². The van der Waals surface area contributed by atoms with E-state index in [1.54, 1.807) is 0 Å². The predicted molar refractivity (Wildman–Crippen MR) is 164 cm³/mol. The predicted octanol–water partition coefficient (Wildman–Crippen LogP) is 3.87. The second kappa shape index (κ2) is 10.1. The molecule has 0 fully saturated rings. The molecular formula is C33H36BiN3O3. The van der Waals surface area contributed by atoms with Crippen molar-refractivity contribution in [2.24, 2.45) is 15.0 Å². The van der Waals surface area contributed by atoms with Crippen molar-refractivity contribution in [2.75, 3.05) is 19.8 Å². The molecule has 0 amide bonds. The van der Waals surface area contributed by atoms with E-state index in [9.17, 15) is 0 Å². The number of nitrogens with zero attached hydrogens (tertiary/aromatic N) is 3. The van der Waals surface area contributed by atoms with Crippen molar-refractivity contribution in [3.63, 3.8) is 0 Å². The van der Waals surface area contributed by atoms with Crippen LogP contribution in [0.4, 0.5) is 0 Å². The summed E-state index contributed by atoms with van der Waals surface area (Å²) in [6, 6.07) is 26.6. The number of aliphatic imine (C=N–C) groups is 3. The van der Waals surface area contributed by atoms with Crippen molar-refractivity contribution < 1.29 is 14.2 Å². The van der Waals surface area contributed by atoms with Crippen molar-refractivity contribution in [2.45, 2.75) is 58.2 Å². The third kappa shape index (κ3) is 5.72. The van der Waals surface area contributed by atoms with E-state index < -0.39 is 21.8 Å². The molecule has 3 aliphatic heterocycles. The molecule has 206 valence electrons. The molecule has 0 saturated heterocycles. The normalized spacial score (nSPS) is 20.3. The van der Waals surface area contributed by atoms with Gasteiger partial charge in [-0.15, -0.1) is 0 Å². The number of hydrogen-bond donors (Lipinski definition) is 0. The van der Waals surface area contributed by atoms with Crippen molar-refractivity contribution in [1.82, 2.24) is 0 Å². The number of benzene rings is 3. The van der Waals surface area contributed by atoms with Crippen LogP contribution in [-0.2, 0) is 14.2 Å². The SMILES string of the molecule is CC1(C)COC(c2cc[c]([Bi]([c]3ccc(C4=NC(C)(C)CO4)cc3)[c]3ccc(C4=NC(C)(C)CO4)cc3)cc2)=N1. The second-order valence-corrected chi connectivity index (χ2v) is 21.2. The maximum atomic E-state index is 5.90. The topological polar surface area (TPSA) is 64.8 Å². The molecule has 6 rings (SSSR count). The molecule has 3 aromatic rings. The Morgan fingerprint density at radius 1 is 0.450 bits per heavy atom. The summed E-state index contributed by atoms with van der Waals surface area (Å²) in [6.45, 7) is 14.4. The molecule has 3 aliphatic rings. The number of hydrogen-bond acceptors (Lipinski definition) is 6. The van der Waals surface area contributed by atoms with Crippen LogP contribution in [0.5, 0.6) is 0 Å². The zero-order valence-electron chi connectivity index (χ0n) is 24.1. The molecule has 0 N–H and O–H groups in total. The third-order valence-corrected chi connectivity index (χ3v) is 16.5. The Morgan fingerprint density at radius 2 is 0.700 bits per heavy atom. The Bertz CT molecular complexity index is 1320. The first kappa shape index (κ1) is 27.1. The van der Waals surface area contributed by atoms with Gasteiger partial charge in [0.05, 0.1) is 0 Å². The van der Waals surface area contributed by atoms with Crippen LogP contribution in [0.15, 0.2) is 87.8 Å². The minimum absolute atomic E-state index is 0.177. The van der Waals surface area contributed by atoms with Crippen molar-refractivity contribution in [3.8, 4) is 0 Å². The van der Waals surface area contributed by atoms with Crippen LogP contribution in [-0.4, -0.2) is 75.9 Å². The average molecular weight is 732 g/mol. The zero-order valence-corrected chi connectivity index (χ0v) is 27.5. The van der Waals surface area contributed by atoms with Gasteiger partial charge in [0.1, 0.15) is 0 Å². The Balaban J connectivity index is 1.34. The fourth-order valence-corrected chi connectivity index (χ4v) is 13.6. The first-order chi connectivity index (χ1) is 19.0. The molecule has 6 nitrogen and oxygen atoms in total. The summed E-state index contributed by atoms with van der Waals surface area (Å²) in [6.07, 6.45) is 0. The maximum absolute atomic E-state index is 5.90. The minimum atomic E-state index is -2.64. The van der Waals surface area contributed by atoms with Crippen LogP contribution in [0.1, 0.15) is 58.2 Å². The van der Waals surface area contributed by atoms with Gasteiger partial charge in [0.2, 0.25) is 0 Å². The van der Waals surface area contributed by atoms with Crippen molar-refractivity contribution in [1.29, 1.82) is 0 Å². The molecule has 7 heteroatoms. The molecule has 0 atom stereocenters. The summed E-state index contributed by atoms with van der Waals surface area (Å²) in [5.74, 6) is 2.20. The summed E-state index contributed by atoms with van der Waals surface area (Å²) in [7, 11) is 0. The third-order valence-electron chi connectivity index (χ3n) is 7.02. The van der Waals surface area contributed by atoms with Gasteiger partial charge in [-0.3, -0.25) is 0 Å². The first-order valence-corrected chi connectivity index (χ1v) is 19.0. The summed E-state index contributed by atoms with van der Waals surface area (Å²) in [5, 5.41) is 0. The molecule has 0 bridgehead atoms. The van der Waals surface area contributed by atoms with Crippen LogP contribution in [0.2, 0.25) is 0 Å². The summed E-state index contributed by atoms with van der Waals surface area (Å²) in [5.41, 5.74) is 2.56. The first-order valence-electron chi connectivity index (χ1n) is 13.8. The van der Waals surface area contributed by atoms with E-state index in [1.165, 1.54) is 9.81 Å². The Labute approximate surface area is 244 Å². The van der Waals surface area contributed by atoms with Gasteiger partial charge in [0.15, 0.2) is 0 Å². The van der Waals surface area contributed by atoms with Gasteiger partial charge in [-0.25, -0.2) is 0 Å². The number of rotatable bonds is 6. The van der Waals surface area contributed by atoms with E-state index >= 15 is 0 Å². The molecule has 0 aliphatic carbocycles. The van der Waals surface area contributed by atoms with Crippen molar-refractivity contribution in [3.05, 3.63) is 89.5 Å². The van der Waals surface area contributed by atoms with E-state index in [0.29, 0.717) is 19.8 Å². The Hall–Kier alpha value is -3.05. The van der Waals surface area contributed by atoms with E-state index in [1.807, 2.05) is 0 Å². The average Bonchev–Trinajstić information content (AvgIpc) is 3.60. The van der Waals surface area contributed by atoms with Gasteiger partial charge in [-0.2, -0.15) is 0 Å². The fourth-order valence-electron chi connectivity index (χ4n) is 4.90. The van der Waals surface area contributed by atoms with Gasteiger partial charge in [0.25, 0.3) is 0 Å².